The molecule has 1 heterocycles. The van der Waals surface area contributed by atoms with Gasteiger partial charge in [0.25, 0.3) is 5.91 Å². The molecule has 1 amide bonds. The lowest BCUT2D eigenvalue weighted by molar-refractivity contribution is -0.113. The number of rotatable bonds is 3. The first kappa shape index (κ1) is 15.6. The lowest BCUT2D eigenvalue weighted by atomic mass is 10.2. The van der Waals surface area contributed by atoms with Gasteiger partial charge in [0.15, 0.2) is 4.32 Å². The van der Waals surface area contributed by atoms with Gasteiger partial charge in [0.1, 0.15) is 5.75 Å². The highest BCUT2D eigenvalue weighted by Crippen LogP contribution is 2.36. The molecular weight excluding hydrogens is 328 g/mol. The number of methoxy groups -OCH3 is 1. The number of anilines is 2. The van der Waals surface area contributed by atoms with Crippen LogP contribution in [0.5, 0.6) is 5.75 Å². The molecule has 1 fully saturated rings. The number of nitrogen functional groups attached to an aromatic ring is 1. The van der Waals surface area contributed by atoms with Gasteiger partial charge < -0.3 is 10.5 Å². The largest absolute Gasteiger partial charge is 0.497 e. The van der Waals surface area contributed by atoms with Gasteiger partial charge in [-0.1, -0.05) is 42.2 Å². The highest BCUT2D eigenvalue weighted by molar-refractivity contribution is 8.27. The summed E-state index contributed by atoms with van der Waals surface area (Å²) >= 11 is 6.62. The Morgan fingerprint density at radius 1 is 1.22 bits per heavy atom. The van der Waals surface area contributed by atoms with E-state index in [-0.39, 0.29) is 5.91 Å². The Kier molecular flexibility index (Phi) is 4.36. The molecule has 2 N–H and O–H groups in total. The SMILES string of the molecule is COc1cccc(/C=C2/SC(=S)N(c3cccc(N)c3)C2=O)c1. The molecular formula is C17H14N2O2S2. The number of benzene rings is 2. The third-order valence-electron chi connectivity index (χ3n) is 3.31. The molecule has 0 radical (unpaired) electrons. The van der Waals surface area contributed by atoms with E-state index in [0.717, 1.165) is 11.3 Å². The van der Waals surface area contributed by atoms with Gasteiger partial charge in [-0.05, 0) is 42.0 Å². The number of thioether (sulfide) groups is 1. The molecule has 23 heavy (non-hydrogen) atoms. The minimum absolute atomic E-state index is 0.145. The average Bonchev–Trinajstić information content (AvgIpc) is 2.81. The van der Waals surface area contributed by atoms with Crippen LogP contribution in [0.1, 0.15) is 5.56 Å². The van der Waals surface area contributed by atoms with Crippen molar-refractivity contribution in [3.63, 3.8) is 0 Å². The van der Waals surface area contributed by atoms with Crippen LogP contribution in [0.4, 0.5) is 11.4 Å². The van der Waals surface area contributed by atoms with Gasteiger partial charge in [0.2, 0.25) is 0 Å². The van der Waals surface area contributed by atoms with Gasteiger partial charge in [-0.15, -0.1) is 0 Å². The second-order valence-electron chi connectivity index (χ2n) is 4.89. The quantitative estimate of drug-likeness (QED) is 0.524. The predicted octanol–water partition coefficient (Wildman–Crippen LogP) is 3.68. The summed E-state index contributed by atoms with van der Waals surface area (Å²) in [6.07, 6.45) is 1.81. The highest BCUT2D eigenvalue weighted by atomic mass is 32.2. The van der Waals surface area contributed by atoms with Crippen LogP contribution in [-0.4, -0.2) is 17.3 Å². The number of carbonyl (C=O) groups excluding carboxylic acids is 1. The van der Waals surface area contributed by atoms with Crippen LogP contribution in [0.25, 0.3) is 6.08 Å². The predicted molar refractivity (Wildman–Crippen MR) is 99.5 cm³/mol. The number of hydrogen-bond donors (Lipinski definition) is 1. The van der Waals surface area contributed by atoms with Crippen LogP contribution in [0, 0.1) is 0 Å². The molecule has 2 aromatic carbocycles. The number of nitrogens with zero attached hydrogens (tertiary/aromatic N) is 1. The molecule has 1 saturated heterocycles. The molecule has 3 rings (SSSR count). The fraction of sp³-hybridized carbons (Fsp3) is 0.0588. The van der Waals surface area contributed by atoms with Crippen LogP contribution in [0.2, 0.25) is 0 Å². The van der Waals surface area contributed by atoms with E-state index >= 15 is 0 Å². The topological polar surface area (TPSA) is 55.6 Å². The Hall–Kier alpha value is -2.31. The van der Waals surface area contributed by atoms with Crippen molar-refractivity contribution in [1.29, 1.82) is 0 Å². The van der Waals surface area contributed by atoms with Crippen LogP contribution in [0.3, 0.4) is 0 Å². The molecule has 0 bridgehead atoms. The molecule has 0 spiro atoms. The number of amides is 1. The summed E-state index contributed by atoms with van der Waals surface area (Å²) in [6.45, 7) is 0. The van der Waals surface area contributed by atoms with E-state index in [1.165, 1.54) is 16.7 Å². The standard InChI is InChI=1S/C17H14N2O2S2/c1-21-14-7-2-4-11(8-14)9-15-16(20)19(17(22)23-15)13-6-3-5-12(18)10-13/h2-10H,18H2,1H3/b15-9+. The van der Waals surface area contributed by atoms with Gasteiger partial charge in [-0.25, -0.2) is 0 Å². The molecule has 4 nitrogen and oxygen atoms in total. The minimum Gasteiger partial charge on any atom is -0.497 e. The van der Waals surface area contributed by atoms with Gasteiger partial charge in [0, 0.05) is 5.69 Å². The Morgan fingerprint density at radius 3 is 2.74 bits per heavy atom. The number of hydrogen-bond acceptors (Lipinski definition) is 5. The van der Waals surface area contributed by atoms with E-state index in [9.17, 15) is 4.79 Å². The molecule has 0 unspecified atom stereocenters. The third kappa shape index (κ3) is 3.23. The average molecular weight is 342 g/mol. The van der Waals surface area contributed by atoms with E-state index in [1.54, 1.807) is 25.3 Å². The van der Waals surface area contributed by atoms with Crippen LogP contribution in [0.15, 0.2) is 53.4 Å². The maximum Gasteiger partial charge on any atom is 0.270 e. The Labute approximate surface area is 143 Å². The molecule has 1 aliphatic heterocycles. The van der Waals surface area contributed by atoms with Crippen LogP contribution < -0.4 is 15.4 Å². The summed E-state index contributed by atoms with van der Waals surface area (Å²) in [6, 6.07) is 14.6. The molecule has 116 valence electrons. The van der Waals surface area contributed by atoms with Gasteiger partial charge in [-0.2, -0.15) is 0 Å². The second-order valence-corrected chi connectivity index (χ2v) is 6.56. The number of thiocarbonyl (C=S) groups is 1. The third-order valence-corrected chi connectivity index (χ3v) is 4.62. The summed E-state index contributed by atoms with van der Waals surface area (Å²) in [5.41, 5.74) is 7.95. The van der Waals surface area contributed by atoms with E-state index in [2.05, 4.69) is 0 Å². The van der Waals surface area contributed by atoms with Crippen molar-refractivity contribution in [3.8, 4) is 5.75 Å². The first-order valence-electron chi connectivity index (χ1n) is 6.86. The Morgan fingerprint density at radius 2 is 2.00 bits per heavy atom. The van der Waals surface area contributed by atoms with E-state index in [0.29, 0.717) is 20.6 Å². The molecule has 6 heteroatoms. The number of carbonyl (C=O) groups is 1. The fourth-order valence-corrected chi connectivity index (χ4v) is 3.54. The van der Waals surface area contributed by atoms with E-state index in [4.69, 9.17) is 22.7 Å². The van der Waals surface area contributed by atoms with Crippen molar-refractivity contribution in [2.24, 2.45) is 0 Å². The molecule has 1 aliphatic rings. The van der Waals surface area contributed by atoms with Gasteiger partial charge in [-0.3, -0.25) is 9.69 Å². The lowest BCUT2D eigenvalue weighted by Gasteiger charge is -2.14. The zero-order valence-electron chi connectivity index (χ0n) is 12.4. The summed E-state index contributed by atoms with van der Waals surface area (Å²) in [5, 5.41) is 0. The fourth-order valence-electron chi connectivity index (χ4n) is 2.24. The first-order valence-corrected chi connectivity index (χ1v) is 8.08. The van der Waals surface area contributed by atoms with Crippen molar-refractivity contribution >= 4 is 51.7 Å². The Balaban J connectivity index is 1.93. The van der Waals surface area contributed by atoms with Crippen molar-refractivity contribution in [2.45, 2.75) is 0 Å². The molecule has 0 aromatic heterocycles. The van der Waals surface area contributed by atoms with Crippen molar-refractivity contribution in [3.05, 3.63) is 59.0 Å². The zero-order chi connectivity index (χ0) is 16.4. The normalized spacial score (nSPS) is 16.2. The van der Waals surface area contributed by atoms with Crippen molar-refractivity contribution < 1.29 is 9.53 Å². The van der Waals surface area contributed by atoms with E-state index < -0.39 is 0 Å². The second kappa shape index (κ2) is 6.44. The molecule has 0 atom stereocenters. The highest BCUT2D eigenvalue weighted by Gasteiger charge is 2.33. The Bertz CT molecular complexity index is 818. The number of nitrogens with two attached hydrogens (primary N) is 1. The van der Waals surface area contributed by atoms with Crippen molar-refractivity contribution in [2.75, 3.05) is 17.7 Å². The van der Waals surface area contributed by atoms with Gasteiger partial charge >= 0.3 is 0 Å². The lowest BCUT2D eigenvalue weighted by Crippen LogP contribution is -2.27. The first-order chi connectivity index (χ1) is 11.1. The molecule has 2 aromatic rings. The summed E-state index contributed by atoms with van der Waals surface area (Å²) in [7, 11) is 1.61. The maximum atomic E-state index is 12.7. The number of ether oxygens (including phenoxy) is 1. The zero-order valence-corrected chi connectivity index (χ0v) is 14.0. The smallest absolute Gasteiger partial charge is 0.270 e. The van der Waals surface area contributed by atoms with Crippen LogP contribution in [-0.2, 0) is 4.79 Å². The molecule has 0 saturated carbocycles. The van der Waals surface area contributed by atoms with Crippen molar-refractivity contribution in [1.82, 2.24) is 0 Å². The monoisotopic (exact) mass is 342 g/mol. The summed E-state index contributed by atoms with van der Waals surface area (Å²) in [4.78, 5) is 14.7. The summed E-state index contributed by atoms with van der Waals surface area (Å²) < 4.78 is 5.69. The van der Waals surface area contributed by atoms with Gasteiger partial charge in [0.05, 0.1) is 17.7 Å². The minimum atomic E-state index is -0.145. The maximum absolute atomic E-state index is 12.7. The van der Waals surface area contributed by atoms with Crippen LogP contribution >= 0.6 is 24.0 Å². The molecule has 0 aliphatic carbocycles. The van der Waals surface area contributed by atoms with E-state index in [1.807, 2.05) is 36.4 Å². The summed E-state index contributed by atoms with van der Waals surface area (Å²) in [5.74, 6) is 0.596.